The van der Waals surface area contributed by atoms with Crippen LogP contribution in [0.25, 0.3) is 0 Å². The van der Waals surface area contributed by atoms with E-state index in [1.54, 1.807) is 24.3 Å². The largest absolute Gasteiger partial charge is 0.467 e. The van der Waals surface area contributed by atoms with Gasteiger partial charge in [-0.25, -0.2) is 8.42 Å². The van der Waals surface area contributed by atoms with Crippen LogP contribution in [0.1, 0.15) is 24.2 Å². The van der Waals surface area contributed by atoms with Gasteiger partial charge in [-0.15, -0.1) is 0 Å². The highest BCUT2D eigenvalue weighted by Crippen LogP contribution is 2.21. The predicted octanol–water partition coefficient (Wildman–Crippen LogP) is 0.997. The summed E-state index contributed by atoms with van der Waals surface area (Å²) in [5, 5.41) is 4.95. The van der Waals surface area contributed by atoms with Gasteiger partial charge in [0.25, 0.3) is 0 Å². The Hall–Kier alpha value is -2.65. The van der Waals surface area contributed by atoms with Crippen LogP contribution < -0.4 is 10.6 Å². The molecule has 0 spiro atoms. The number of carbonyl (C=O) groups is 2. The van der Waals surface area contributed by atoms with E-state index in [1.165, 1.54) is 22.7 Å². The average molecular weight is 391 g/mol. The van der Waals surface area contributed by atoms with Gasteiger partial charge in [-0.2, -0.15) is 4.31 Å². The molecule has 1 aliphatic heterocycles. The van der Waals surface area contributed by atoms with Gasteiger partial charge < -0.3 is 15.1 Å². The van der Waals surface area contributed by atoms with Crippen molar-refractivity contribution in [3.8, 4) is 0 Å². The molecule has 0 atom stereocenters. The summed E-state index contributed by atoms with van der Waals surface area (Å²) >= 11 is 0. The number of rotatable bonds is 6. The summed E-state index contributed by atoms with van der Waals surface area (Å²) in [5.41, 5.74) is 0.697. The van der Waals surface area contributed by atoms with Gasteiger partial charge in [-0.05, 0) is 42.7 Å². The standard InChI is InChI=1S/C18H21N3O5S/c22-17(18(23)20-13-15-4-3-11-26-15)19-12-14-5-7-16(8-6-14)27(24,25)21-9-1-2-10-21/h3-8,11H,1-2,9-10,12-13H2,(H,19,22)(H,20,23). The molecule has 0 bridgehead atoms. The maximum atomic E-state index is 12.5. The van der Waals surface area contributed by atoms with Crippen LogP contribution in [0, 0.1) is 0 Å². The van der Waals surface area contributed by atoms with Crippen LogP contribution in [0.3, 0.4) is 0 Å². The number of nitrogens with zero attached hydrogens (tertiary/aromatic N) is 1. The third kappa shape index (κ3) is 4.75. The topological polar surface area (TPSA) is 109 Å². The van der Waals surface area contributed by atoms with Crippen molar-refractivity contribution in [2.24, 2.45) is 0 Å². The number of sulfonamides is 1. The van der Waals surface area contributed by atoms with E-state index in [2.05, 4.69) is 10.6 Å². The Labute approximate surface area is 157 Å². The maximum absolute atomic E-state index is 12.5. The molecular formula is C18H21N3O5S. The van der Waals surface area contributed by atoms with Crippen LogP contribution in [0.4, 0.5) is 0 Å². The molecule has 144 valence electrons. The molecule has 0 radical (unpaired) electrons. The highest BCUT2D eigenvalue weighted by atomic mass is 32.2. The Balaban J connectivity index is 1.50. The number of carbonyl (C=O) groups excluding carboxylic acids is 2. The molecule has 9 heteroatoms. The lowest BCUT2D eigenvalue weighted by Crippen LogP contribution is -2.39. The predicted molar refractivity (Wildman–Crippen MR) is 96.8 cm³/mol. The van der Waals surface area contributed by atoms with E-state index in [0.29, 0.717) is 24.4 Å². The van der Waals surface area contributed by atoms with E-state index in [-0.39, 0.29) is 18.0 Å². The summed E-state index contributed by atoms with van der Waals surface area (Å²) in [5.74, 6) is -0.985. The smallest absolute Gasteiger partial charge is 0.309 e. The summed E-state index contributed by atoms with van der Waals surface area (Å²) in [6.45, 7) is 1.35. The van der Waals surface area contributed by atoms with Crippen molar-refractivity contribution in [1.29, 1.82) is 0 Å². The molecule has 0 saturated carbocycles. The fourth-order valence-electron chi connectivity index (χ4n) is 2.78. The summed E-state index contributed by atoms with van der Waals surface area (Å²) in [4.78, 5) is 23.8. The Morgan fingerprint density at radius 1 is 0.963 bits per heavy atom. The van der Waals surface area contributed by atoms with Crippen LogP contribution in [-0.4, -0.2) is 37.6 Å². The molecule has 0 aliphatic carbocycles. The van der Waals surface area contributed by atoms with Crippen molar-refractivity contribution >= 4 is 21.8 Å². The molecule has 27 heavy (non-hydrogen) atoms. The molecule has 2 aromatic rings. The van der Waals surface area contributed by atoms with Gasteiger partial charge in [0.2, 0.25) is 10.0 Å². The van der Waals surface area contributed by atoms with Gasteiger partial charge >= 0.3 is 11.8 Å². The number of nitrogens with one attached hydrogen (secondary N) is 2. The van der Waals surface area contributed by atoms with Gasteiger partial charge in [0.15, 0.2) is 0 Å². The molecule has 0 unspecified atom stereocenters. The van der Waals surface area contributed by atoms with Crippen molar-refractivity contribution in [3.05, 3.63) is 54.0 Å². The number of amides is 2. The minimum Gasteiger partial charge on any atom is -0.467 e. The van der Waals surface area contributed by atoms with Crippen molar-refractivity contribution in [2.45, 2.75) is 30.8 Å². The molecule has 1 aliphatic rings. The summed E-state index contributed by atoms with van der Waals surface area (Å²) in [6, 6.07) is 9.68. The van der Waals surface area contributed by atoms with Gasteiger partial charge in [0.05, 0.1) is 17.7 Å². The third-order valence-electron chi connectivity index (χ3n) is 4.29. The van der Waals surface area contributed by atoms with E-state index in [9.17, 15) is 18.0 Å². The number of hydrogen-bond donors (Lipinski definition) is 2. The van der Waals surface area contributed by atoms with Crippen LogP contribution in [0.2, 0.25) is 0 Å². The molecule has 1 fully saturated rings. The Morgan fingerprint density at radius 3 is 2.19 bits per heavy atom. The zero-order chi connectivity index (χ0) is 19.3. The van der Waals surface area contributed by atoms with Crippen LogP contribution in [-0.2, 0) is 32.7 Å². The second-order valence-electron chi connectivity index (χ2n) is 6.20. The molecule has 1 saturated heterocycles. The second kappa shape index (κ2) is 8.36. The van der Waals surface area contributed by atoms with Gasteiger partial charge in [0.1, 0.15) is 5.76 Å². The highest BCUT2D eigenvalue weighted by molar-refractivity contribution is 7.89. The van der Waals surface area contributed by atoms with Gasteiger partial charge in [-0.3, -0.25) is 9.59 Å². The number of hydrogen-bond acceptors (Lipinski definition) is 5. The normalized spacial score (nSPS) is 14.8. The SMILES string of the molecule is O=C(NCc1ccc(S(=O)(=O)N2CCCC2)cc1)C(=O)NCc1ccco1. The minimum atomic E-state index is -3.46. The molecular weight excluding hydrogens is 370 g/mol. The van der Waals surface area contributed by atoms with Crippen LogP contribution >= 0.6 is 0 Å². The van der Waals surface area contributed by atoms with Crippen molar-refractivity contribution < 1.29 is 22.4 Å². The molecule has 2 heterocycles. The first-order valence-corrected chi connectivity index (χ1v) is 10.1. The van der Waals surface area contributed by atoms with Crippen LogP contribution in [0.15, 0.2) is 52.0 Å². The first-order valence-electron chi connectivity index (χ1n) is 8.64. The number of benzene rings is 1. The lowest BCUT2D eigenvalue weighted by atomic mass is 10.2. The zero-order valence-electron chi connectivity index (χ0n) is 14.7. The highest BCUT2D eigenvalue weighted by Gasteiger charge is 2.26. The molecule has 1 aromatic carbocycles. The van der Waals surface area contributed by atoms with E-state index in [4.69, 9.17) is 4.42 Å². The van der Waals surface area contributed by atoms with Gasteiger partial charge in [-0.1, -0.05) is 12.1 Å². The van der Waals surface area contributed by atoms with E-state index in [1.807, 2.05) is 0 Å². The second-order valence-corrected chi connectivity index (χ2v) is 8.14. The zero-order valence-corrected chi connectivity index (χ0v) is 15.5. The molecule has 2 amide bonds. The lowest BCUT2D eigenvalue weighted by Gasteiger charge is -2.15. The Morgan fingerprint density at radius 2 is 1.59 bits per heavy atom. The summed E-state index contributed by atoms with van der Waals surface area (Å²) < 4.78 is 31.5. The molecule has 8 nitrogen and oxygen atoms in total. The fourth-order valence-corrected chi connectivity index (χ4v) is 4.30. The summed E-state index contributed by atoms with van der Waals surface area (Å²) in [6.07, 6.45) is 3.24. The van der Waals surface area contributed by atoms with E-state index >= 15 is 0 Å². The lowest BCUT2D eigenvalue weighted by molar-refractivity contribution is -0.139. The maximum Gasteiger partial charge on any atom is 0.309 e. The first kappa shape index (κ1) is 19.1. The monoisotopic (exact) mass is 391 g/mol. The minimum absolute atomic E-state index is 0.122. The van der Waals surface area contributed by atoms with Crippen molar-refractivity contribution in [2.75, 3.05) is 13.1 Å². The number of furan rings is 1. The molecule has 2 N–H and O–H groups in total. The first-order chi connectivity index (χ1) is 13.0. The Bertz CT molecular complexity index is 886. The molecule has 1 aromatic heterocycles. The average Bonchev–Trinajstić information content (AvgIpc) is 3.38. The van der Waals surface area contributed by atoms with Crippen molar-refractivity contribution in [3.63, 3.8) is 0 Å². The van der Waals surface area contributed by atoms with E-state index < -0.39 is 21.8 Å². The van der Waals surface area contributed by atoms with Crippen molar-refractivity contribution in [1.82, 2.24) is 14.9 Å². The summed E-state index contributed by atoms with van der Waals surface area (Å²) in [7, 11) is -3.46. The van der Waals surface area contributed by atoms with Crippen LogP contribution in [0.5, 0.6) is 0 Å². The third-order valence-corrected chi connectivity index (χ3v) is 6.20. The Kier molecular flexibility index (Phi) is 5.92. The van der Waals surface area contributed by atoms with Gasteiger partial charge in [0, 0.05) is 19.6 Å². The quantitative estimate of drug-likeness (QED) is 0.714. The van der Waals surface area contributed by atoms with E-state index in [0.717, 1.165) is 12.8 Å². The molecule has 3 rings (SSSR count). The fraction of sp³-hybridized carbons (Fsp3) is 0.333.